The van der Waals surface area contributed by atoms with Gasteiger partial charge in [-0.2, -0.15) is 45.4 Å². The molecule has 123 valence electrons. The number of ether oxygens (including phenoxy) is 1. The summed E-state index contributed by atoms with van der Waals surface area (Å²) in [5, 5.41) is 3.24. The summed E-state index contributed by atoms with van der Waals surface area (Å²) in [5.41, 5.74) is 0.999. The van der Waals surface area contributed by atoms with Crippen LogP contribution in [-0.4, -0.2) is 18.1 Å². The number of nitrogens with one attached hydrogen (secondary N) is 1. The van der Waals surface area contributed by atoms with Crippen molar-refractivity contribution in [1.82, 2.24) is 4.98 Å². The van der Waals surface area contributed by atoms with Crippen molar-refractivity contribution in [2.45, 2.75) is 27.2 Å². The van der Waals surface area contributed by atoms with Crippen LogP contribution in [0, 0.1) is 12.8 Å². The molecule has 0 aliphatic carbocycles. The first-order chi connectivity index (χ1) is 10.6. The van der Waals surface area contributed by atoms with Gasteiger partial charge in [0, 0.05) is 45.5 Å². The normalized spacial score (nSPS) is 9.39. The van der Waals surface area contributed by atoms with E-state index >= 15 is 0 Å². The first-order valence-corrected chi connectivity index (χ1v) is 7.54. The van der Waals surface area contributed by atoms with Crippen LogP contribution < -0.4 is 10.1 Å². The van der Waals surface area contributed by atoms with E-state index in [0.29, 0.717) is 6.61 Å². The van der Waals surface area contributed by atoms with Gasteiger partial charge >= 0.3 is 0 Å². The molecule has 0 amide bonds. The van der Waals surface area contributed by atoms with Crippen molar-refractivity contribution in [1.29, 1.82) is 0 Å². The predicted molar refractivity (Wildman–Crippen MR) is 94.0 cm³/mol. The summed E-state index contributed by atoms with van der Waals surface area (Å²) in [4.78, 5) is 4.19. The summed E-state index contributed by atoms with van der Waals surface area (Å²) in [7, 11) is 0. The molecule has 2 rings (SSSR count). The van der Waals surface area contributed by atoms with Crippen molar-refractivity contribution in [3.05, 3.63) is 67.1 Å². The molecule has 1 aromatic carbocycles. The number of anilines is 1. The molecule has 4 heteroatoms. The van der Waals surface area contributed by atoms with Crippen molar-refractivity contribution >= 4 is 5.82 Å². The average Bonchev–Trinajstić information content (AvgIpc) is 2.49. The summed E-state index contributed by atoms with van der Waals surface area (Å²) in [6.07, 6.45) is 2.71. The van der Waals surface area contributed by atoms with E-state index in [4.69, 9.17) is 4.74 Å². The fraction of sp³-hybridized carbons (Fsp3) is 0.316. The third-order valence-electron chi connectivity index (χ3n) is 2.48. The molecule has 0 unspecified atom stereocenters. The fourth-order valence-corrected chi connectivity index (χ4v) is 1.53. The summed E-state index contributed by atoms with van der Waals surface area (Å²) in [6, 6.07) is 13.6. The van der Waals surface area contributed by atoms with Gasteiger partial charge in [0.2, 0.25) is 0 Å². The molecular formula is C19H26N2OY-2. The minimum atomic E-state index is 0. The summed E-state index contributed by atoms with van der Waals surface area (Å²) in [6.45, 7) is 11.6. The Labute approximate surface area is 166 Å². The van der Waals surface area contributed by atoms with E-state index in [1.165, 1.54) is 5.92 Å². The minimum Gasteiger partial charge on any atom is -0.496 e. The van der Waals surface area contributed by atoms with E-state index in [1.807, 2.05) is 42.5 Å². The Morgan fingerprint density at radius 1 is 1.09 bits per heavy atom. The largest absolute Gasteiger partial charge is 0.496 e. The zero-order chi connectivity index (χ0) is 16.2. The number of hydrogen-bond donors (Lipinski definition) is 1. The Bertz CT molecular complexity index is 498. The molecular weight excluding hydrogens is 361 g/mol. The first-order valence-electron chi connectivity index (χ1n) is 7.54. The van der Waals surface area contributed by atoms with Crippen LogP contribution in [0.4, 0.5) is 5.82 Å². The number of hydrogen-bond acceptors (Lipinski definition) is 3. The van der Waals surface area contributed by atoms with Gasteiger partial charge in [0.25, 0.3) is 0 Å². The maximum Gasteiger partial charge on any atom is 0.125 e. The molecule has 0 saturated carbocycles. The van der Waals surface area contributed by atoms with Gasteiger partial charge in [0.15, 0.2) is 0 Å². The van der Waals surface area contributed by atoms with Crippen LogP contribution in [0.25, 0.3) is 0 Å². The van der Waals surface area contributed by atoms with E-state index in [0.717, 1.165) is 30.1 Å². The fourth-order valence-electron chi connectivity index (χ4n) is 1.53. The zero-order valence-electron chi connectivity index (χ0n) is 14.4. The molecule has 0 spiro atoms. The number of rotatable bonds is 6. The van der Waals surface area contributed by atoms with Crippen LogP contribution in [0.3, 0.4) is 0 Å². The second-order valence-electron chi connectivity index (χ2n) is 5.49. The molecule has 0 atom stereocenters. The molecule has 1 heterocycles. The number of nitrogens with zero attached hydrogens (tertiary/aromatic N) is 1. The molecule has 0 bridgehead atoms. The molecule has 1 N–H and O–H groups in total. The van der Waals surface area contributed by atoms with Gasteiger partial charge in [-0.1, -0.05) is 18.2 Å². The van der Waals surface area contributed by atoms with Gasteiger partial charge < -0.3 is 16.0 Å². The molecule has 23 heavy (non-hydrogen) atoms. The van der Waals surface area contributed by atoms with Gasteiger partial charge in [0.1, 0.15) is 5.82 Å². The van der Waals surface area contributed by atoms with Crippen LogP contribution in [0.1, 0.15) is 32.8 Å². The van der Waals surface area contributed by atoms with Crippen molar-refractivity contribution in [3.8, 4) is 5.75 Å². The SMILES string of the molecule is C[C-](C)C.[CH2-]c1ccc(OCCCNc2ccccn2)cc1.[Y]. The minimum absolute atomic E-state index is 0. The van der Waals surface area contributed by atoms with Gasteiger partial charge in [0.05, 0.1) is 12.4 Å². The molecule has 1 radical (unpaired) electrons. The van der Waals surface area contributed by atoms with Crippen LogP contribution >= 0.6 is 0 Å². The molecule has 0 aliphatic heterocycles. The van der Waals surface area contributed by atoms with Gasteiger partial charge in [-0.3, -0.25) is 0 Å². The second kappa shape index (κ2) is 13.4. The van der Waals surface area contributed by atoms with Crippen molar-refractivity contribution < 1.29 is 37.4 Å². The Kier molecular flexibility index (Phi) is 12.8. The van der Waals surface area contributed by atoms with Crippen LogP contribution in [0.15, 0.2) is 48.7 Å². The molecule has 3 nitrogen and oxygen atoms in total. The van der Waals surface area contributed by atoms with E-state index in [1.54, 1.807) is 6.20 Å². The molecule has 0 aliphatic rings. The smallest absolute Gasteiger partial charge is 0.125 e. The van der Waals surface area contributed by atoms with Crippen LogP contribution in [-0.2, 0) is 32.7 Å². The van der Waals surface area contributed by atoms with Crippen LogP contribution in [0.2, 0.25) is 0 Å². The third kappa shape index (κ3) is 12.1. The van der Waals surface area contributed by atoms with E-state index < -0.39 is 0 Å². The monoisotopic (exact) mass is 387 g/mol. The summed E-state index contributed by atoms with van der Waals surface area (Å²) >= 11 is 0. The molecule has 1 aromatic heterocycles. The van der Waals surface area contributed by atoms with Gasteiger partial charge in [-0.15, -0.1) is 0 Å². The Hall–Kier alpha value is -1.06. The second-order valence-corrected chi connectivity index (χ2v) is 5.49. The molecule has 2 aromatic rings. The first kappa shape index (κ1) is 21.9. The van der Waals surface area contributed by atoms with Crippen molar-refractivity contribution in [3.63, 3.8) is 0 Å². The van der Waals surface area contributed by atoms with Crippen molar-refractivity contribution in [2.75, 3.05) is 18.5 Å². The summed E-state index contributed by atoms with van der Waals surface area (Å²) in [5.74, 6) is 3.21. The topological polar surface area (TPSA) is 34.1 Å². The Balaban J connectivity index is 0.000000871. The number of aromatic nitrogens is 1. The number of benzene rings is 1. The maximum absolute atomic E-state index is 5.61. The standard InChI is InChI=1S/C15H17N2O.C4H9.Y/c1-13-6-8-14(9-7-13)18-12-4-11-17-15-5-2-3-10-16-15;1-4(2)3;/h2-3,5-10H,1,4,11-12H2,(H,16,17);1-3H3;/q2*-1;. The maximum atomic E-state index is 5.61. The Morgan fingerprint density at radius 3 is 2.30 bits per heavy atom. The third-order valence-corrected chi connectivity index (χ3v) is 2.48. The predicted octanol–water partition coefficient (Wildman–Crippen LogP) is 4.76. The van der Waals surface area contributed by atoms with Crippen LogP contribution in [0.5, 0.6) is 5.75 Å². The molecule has 0 fully saturated rings. The van der Waals surface area contributed by atoms with E-state index in [9.17, 15) is 0 Å². The van der Waals surface area contributed by atoms with E-state index in [-0.39, 0.29) is 32.7 Å². The van der Waals surface area contributed by atoms with Gasteiger partial charge in [-0.05, 0) is 18.6 Å². The average molecular weight is 387 g/mol. The number of pyridine rings is 1. The quantitative estimate of drug-likeness (QED) is 0.573. The molecule has 0 saturated heterocycles. The van der Waals surface area contributed by atoms with E-state index in [2.05, 4.69) is 38.0 Å². The Morgan fingerprint density at radius 2 is 1.74 bits per heavy atom. The van der Waals surface area contributed by atoms with Crippen molar-refractivity contribution in [2.24, 2.45) is 0 Å². The summed E-state index contributed by atoms with van der Waals surface area (Å²) < 4.78 is 5.61. The van der Waals surface area contributed by atoms with Gasteiger partial charge in [-0.25, -0.2) is 4.98 Å². The zero-order valence-corrected chi connectivity index (χ0v) is 17.2.